The smallest absolute Gasteiger partial charge is 0.417 e. The highest BCUT2D eigenvalue weighted by Crippen LogP contribution is 2.31. The summed E-state index contributed by atoms with van der Waals surface area (Å²) in [5, 5.41) is 0. The molecule has 0 aliphatic carbocycles. The SMILES string of the molecule is COC(=O)c1cc(C(F)(F)F)cnc1OCCCC(C)N(Cc1ccc(OC)cc1)C(=O)OC(C)(C)C. The molecular formula is C26H33F3N2O6. The normalized spacial score (nSPS) is 12.5. The Labute approximate surface area is 214 Å². The molecule has 204 valence electrons. The van der Waals surface area contributed by atoms with E-state index in [2.05, 4.69) is 9.72 Å². The molecule has 1 atom stereocenters. The Hall–Kier alpha value is -3.50. The Kier molecular flexibility index (Phi) is 10.2. The number of benzene rings is 1. The molecule has 0 aliphatic rings. The fourth-order valence-electron chi connectivity index (χ4n) is 3.33. The molecule has 0 radical (unpaired) electrons. The number of methoxy groups -OCH3 is 2. The molecule has 0 saturated heterocycles. The number of alkyl halides is 3. The zero-order valence-corrected chi connectivity index (χ0v) is 21.8. The van der Waals surface area contributed by atoms with Crippen LogP contribution in [-0.2, 0) is 22.2 Å². The van der Waals surface area contributed by atoms with Crippen molar-refractivity contribution in [3.63, 3.8) is 0 Å². The zero-order valence-electron chi connectivity index (χ0n) is 21.8. The summed E-state index contributed by atoms with van der Waals surface area (Å²) >= 11 is 0. The fourth-order valence-corrected chi connectivity index (χ4v) is 3.33. The van der Waals surface area contributed by atoms with E-state index in [1.165, 1.54) is 0 Å². The van der Waals surface area contributed by atoms with Crippen LogP contribution < -0.4 is 9.47 Å². The average Bonchev–Trinajstić information content (AvgIpc) is 2.83. The maximum Gasteiger partial charge on any atom is 0.417 e. The molecule has 0 fully saturated rings. The monoisotopic (exact) mass is 526 g/mol. The van der Waals surface area contributed by atoms with Crippen LogP contribution >= 0.6 is 0 Å². The fraction of sp³-hybridized carbons (Fsp3) is 0.500. The van der Waals surface area contributed by atoms with Crippen molar-refractivity contribution in [2.75, 3.05) is 20.8 Å². The highest BCUT2D eigenvalue weighted by Gasteiger charge is 2.33. The molecule has 0 saturated carbocycles. The summed E-state index contributed by atoms with van der Waals surface area (Å²) in [6.45, 7) is 7.57. The Morgan fingerprint density at radius 2 is 1.73 bits per heavy atom. The Bertz CT molecular complexity index is 1050. The highest BCUT2D eigenvalue weighted by atomic mass is 19.4. The number of hydrogen-bond acceptors (Lipinski definition) is 7. The van der Waals surface area contributed by atoms with E-state index in [-0.39, 0.29) is 18.5 Å². The summed E-state index contributed by atoms with van der Waals surface area (Å²) in [6, 6.07) is 7.71. The van der Waals surface area contributed by atoms with Crippen LogP contribution in [0.2, 0.25) is 0 Å². The number of nitrogens with zero attached hydrogens (tertiary/aromatic N) is 2. The molecule has 1 heterocycles. The van der Waals surface area contributed by atoms with Gasteiger partial charge in [0.05, 0.1) is 26.4 Å². The molecule has 2 aromatic rings. The highest BCUT2D eigenvalue weighted by molar-refractivity contribution is 5.92. The zero-order chi connectivity index (χ0) is 27.8. The lowest BCUT2D eigenvalue weighted by Crippen LogP contribution is -2.41. The van der Waals surface area contributed by atoms with E-state index in [0.717, 1.165) is 12.7 Å². The van der Waals surface area contributed by atoms with E-state index in [9.17, 15) is 22.8 Å². The van der Waals surface area contributed by atoms with Crippen molar-refractivity contribution in [1.82, 2.24) is 9.88 Å². The molecule has 8 nitrogen and oxygen atoms in total. The second-order valence-electron chi connectivity index (χ2n) is 9.36. The first-order valence-electron chi connectivity index (χ1n) is 11.7. The van der Waals surface area contributed by atoms with Crippen LogP contribution in [0.15, 0.2) is 36.5 Å². The van der Waals surface area contributed by atoms with Crippen LogP contribution in [0.5, 0.6) is 11.6 Å². The minimum absolute atomic E-state index is 0.0530. The molecule has 0 N–H and O–H groups in total. The predicted molar refractivity (Wildman–Crippen MR) is 130 cm³/mol. The third-order valence-electron chi connectivity index (χ3n) is 5.26. The summed E-state index contributed by atoms with van der Waals surface area (Å²) in [4.78, 5) is 30.2. The number of carbonyl (C=O) groups is 2. The van der Waals surface area contributed by atoms with Crippen molar-refractivity contribution in [3.8, 4) is 11.6 Å². The summed E-state index contributed by atoms with van der Waals surface area (Å²) in [7, 11) is 2.63. The van der Waals surface area contributed by atoms with Crippen molar-refractivity contribution in [2.45, 2.75) is 64.9 Å². The molecule has 1 amide bonds. The summed E-state index contributed by atoms with van der Waals surface area (Å²) in [6.07, 6.45) is -3.63. The number of carbonyl (C=O) groups excluding carboxylic acids is 2. The van der Waals surface area contributed by atoms with E-state index in [1.807, 2.05) is 19.1 Å². The van der Waals surface area contributed by atoms with Crippen molar-refractivity contribution in [3.05, 3.63) is 53.2 Å². The number of pyridine rings is 1. The van der Waals surface area contributed by atoms with Gasteiger partial charge in [0.15, 0.2) is 0 Å². The number of halogens is 3. The average molecular weight is 527 g/mol. The van der Waals surface area contributed by atoms with E-state index < -0.39 is 35.0 Å². The van der Waals surface area contributed by atoms with Crippen LogP contribution in [0.25, 0.3) is 0 Å². The first-order valence-corrected chi connectivity index (χ1v) is 11.7. The molecule has 1 aromatic heterocycles. The number of aromatic nitrogens is 1. The Morgan fingerprint density at radius 3 is 2.27 bits per heavy atom. The lowest BCUT2D eigenvalue weighted by Gasteiger charge is -2.32. The first-order chi connectivity index (χ1) is 17.2. The summed E-state index contributed by atoms with van der Waals surface area (Å²) < 4.78 is 59.9. The minimum atomic E-state index is -4.67. The Balaban J connectivity index is 2.08. The van der Waals surface area contributed by atoms with E-state index in [4.69, 9.17) is 14.2 Å². The van der Waals surface area contributed by atoms with Gasteiger partial charge in [-0.1, -0.05) is 12.1 Å². The van der Waals surface area contributed by atoms with Gasteiger partial charge in [-0.15, -0.1) is 0 Å². The van der Waals surface area contributed by atoms with E-state index in [0.29, 0.717) is 37.4 Å². The number of rotatable bonds is 10. The van der Waals surface area contributed by atoms with Crippen LogP contribution in [-0.4, -0.2) is 54.4 Å². The van der Waals surface area contributed by atoms with Gasteiger partial charge in [0, 0.05) is 18.8 Å². The minimum Gasteiger partial charge on any atom is -0.497 e. The largest absolute Gasteiger partial charge is 0.497 e. The molecule has 2 rings (SSSR count). The van der Waals surface area contributed by atoms with Crippen molar-refractivity contribution >= 4 is 12.1 Å². The van der Waals surface area contributed by atoms with Crippen LogP contribution in [0.3, 0.4) is 0 Å². The Morgan fingerprint density at radius 1 is 1.08 bits per heavy atom. The van der Waals surface area contributed by atoms with Crippen LogP contribution in [0, 0.1) is 0 Å². The molecular weight excluding hydrogens is 493 g/mol. The predicted octanol–water partition coefficient (Wildman–Crippen LogP) is 5.88. The third-order valence-corrected chi connectivity index (χ3v) is 5.26. The third kappa shape index (κ3) is 9.14. The summed E-state index contributed by atoms with van der Waals surface area (Å²) in [5.74, 6) is -0.548. The topological polar surface area (TPSA) is 87.2 Å². The van der Waals surface area contributed by atoms with Crippen molar-refractivity contribution < 1.29 is 41.7 Å². The molecule has 0 spiro atoms. The van der Waals surface area contributed by atoms with Crippen molar-refractivity contribution in [1.29, 1.82) is 0 Å². The maximum absolute atomic E-state index is 13.0. The summed E-state index contributed by atoms with van der Waals surface area (Å²) in [5.41, 5.74) is -1.30. The van der Waals surface area contributed by atoms with Gasteiger partial charge in [0.2, 0.25) is 5.88 Å². The number of amides is 1. The number of ether oxygens (including phenoxy) is 4. The van der Waals surface area contributed by atoms with Crippen molar-refractivity contribution in [2.24, 2.45) is 0 Å². The standard InChI is InChI=1S/C26H33F3N2O6/c1-17(31(24(33)37-25(2,3)4)16-18-9-11-20(34-5)12-10-18)8-7-13-36-22-21(23(32)35-6)14-19(15-30-22)26(27,28)29/h9-12,14-15,17H,7-8,13,16H2,1-6H3. The van der Waals surface area contributed by atoms with Gasteiger partial charge >= 0.3 is 18.2 Å². The number of hydrogen-bond donors (Lipinski definition) is 0. The lowest BCUT2D eigenvalue weighted by molar-refractivity contribution is -0.137. The molecule has 0 bridgehead atoms. The number of esters is 1. The quantitative estimate of drug-likeness (QED) is 0.282. The van der Waals surface area contributed by atoms with Crippen LogP contribution in [0.4, 0.5) is 18.0 Å². The van der Waals surface area contributed by atoms with E-state index >= 15 is 0 Å². The van der Waals surface area contributed by atoms with E-state index in [1.54, 1.807) is 44.9 Å². The van der Waals surface area contributed by atoms with Gasteiger partial charge in [-0.25, -0.2) is 14.6 Å². The van der Waals surface area contributed by atoms with Gasteiger partial charge in [0.1, 0.15) is 16.9 Å². The molecule has 37 heavy (non-hydrogen) atoms. The van der Waals surface area contributed by atoms with Gasteiger partial charge in [-0.2, -0.15) is 13.2 Å². The van der Waals surface area contributed by atoms with Crippen LogP contribution in [0.1, 0.15) is 62.0 Å². The molecule has 1 unspecified atom stereocenters. The molecule has 11 heteroatoms. The van der Waals surface area contributed by atoms with Gasteiger partial charge in [0.25, 0.3) is 0 Å². The maximum atomic E-state index is 13.0. The first kappa shape index (κ1) is 29.7. The molecule has 1 aromatic carbocycles. The molecule has 0 aliphatic heterocycles. The van der Waals surface area contributed by atoms with Gasteiger partial charge in [-0.3, -0.25) is 0 Å². The second kappa shape index (κ2) is 12.6. The van der Waals surface area contributed by atoms with Gasteiger partial charge < -0.3 is 23.8 Å². The second-order valence-corrected chi connectivity index (χ2v) is 9.36. The van der Waals surface area contributed by atoms with Gasteiger partial charge in [-0.05, 0) is 64.3 Å². The lowest BCUT2D eigenvalue weighted by atomic mass is 10.1.